The number of rotatable bonds is 6. The molecule has 1 aromatic heterocycles. The molecule has 24 heavy (non-hydrogen) atoms. The summed E-state index contributed by atoms with van der Waals surface area (Å²) in [5.74, 6) is 0.246. The van der Waals surface area contributed by atoms with Crippen LogP contribution in [0.4, 0.5) is 13.2 Å². The highest BCUT2D eigenvalue weighted by molar-refractivity contribution is 4.93. The molecule has 136 valence electrons. The van der Waals surface area contributed by atoms with Crippen LogP contribution in [0.1, 0.15) is 25.1 Å². The molecule has 2 aliphatic rings. The molecule has 2 fully saturated rings. The third-order valence-electron chi connectivity index (χ3n) is 4.77. The Balaban J connectivity index is 1.66. The van der Waals surface area contributed by atoms with E-state index in [0.717, 1.165) is 30.7 Å². The number of alkyl halides is 3. The average Bonchev–Trinajstić information content (AvgIpc) is 3.22. The van der Waals surface area contributed by atoms with Gasteiger partial charge in [0.1, 0.15) is 6.54 Å². The number of likely N-dealkylation sites (tertiary alicyclic amines) is 2. The lowest BCUT2D eigenvalue weighted by Crippen LogP contribution is -2.39. The fourth-order valence-corrected chi connectivity index (χ4v) is 3.57. The molecule has 0 N–H and O–H groups in total. The van der Waals surface area contributed by atoms with Crippen molar-refractivity contribution in [2.75, 3.05) is 33.3 Å². The van der Waals surface area contributed by atoms with E-state index in [9.17, 15) is 13.2 Å². The fraction of sp³-hybridized carbons (Fsp3) is 0.929. The molecule has 0 amide bonds. The summed E-state index contributed by atoms with van der Waals surface area (Å²) in [4.78, 5) is 4.56. The molecule has 0 spiro atoms. The zero-order chi connectivity index (χ0) is 17.2. The van der Waals surface area contributed by atoms with Crippen LogP contribution in [-0.4, -0.2) is 81.6 Å². The summed E-state index contributed by atoms with van der Waals surface area (Å²) >= 11 is 0. The van der Waals surface area contributed by atoms with Crippen molar-refractivity contribution in [3.05, 3.63) is 5.82 Å². The minimum absolute atomic E-state index is 0.101. The van der Waals surface area contributed by atoms with E-state index in [-0.39, 0.29) is 18.0 Å². The molecule has 2 atom stereocenters. The second-order valence-corrected chi connectivity index (χ2v) is 6.55. The second-order valence-electron chi connectivity index (χ2n) is 6.55. The van der Waals surface area contributed by atoms with E-state index in [4.69, 9.17) is 4.74 Å². The lowest BCUT2D eigenvalue weighted by molar-refractivity contribution is -0.143. The summed E-state index contributed by atoms with van der Waals surface area (Å²) < 4.78 is 44.2. The van der Waals surface area contributed by atoms with Crippen LogP contribution in [0.15, 0.2) is 0 Å². The van der Waals surface area contributed by atoms with Gasteiger partial charge in [-0.1, -0.05) is 0 Å². The van der Waals surface area contributed by atoms with Gasteiger partial charge in [0.25, 0.3) is 0 Å². The summed E-state index contributed by atoms with van der Waals surface area (Å²) in [5.41, 5.74) is 0. The topological polar surface area (TPSA) is 59.3 Å². The lowest BCUT2D eigenvalue weighted by atomic mass is 10.2. The van der Waals surface area contributed by atoms with Gasteiger partial charge >= 0.3 is 6.18 Å². The molecule has 1 aromatic rings. The molecular weight excluding hydrogens is 325 g/mol. The number of hydrogen-bond donors (Lipinski definition) is 0. The molecule has 3 rings (SSSR count). The minimum atomic E-state index is -4.33. The van der Waals surface area contributed by atoms with Crippen LogP contribution in [0.2, 0.25) is 0 Å². The standard InChI is InChI=1S/C14H23F3N6O/c1-24-12-6-11(7-21-4-2-3-5-21)22(8-12)9-13-18-19-20-23(13)10-14(15,16)17/h11-12H,2-10H2,1H3/t11-,12-/m0/s1. The van der Waals surface area contributed by atoms with E-state index in [0.29, 0.717) is 13.1 Å². The van der Waals surface area contributed by atoms with E-state index in [1.54, 1.807) is 7.11 Å². The number of methoxy groups -OCH3 is 1. The van der Waals surface area contributed by atoms with Crippen molar-refractivity contribution in [2.24, 2.45) is 0 Å². The lowest BCUT2D eigenvalue weighted by Gasteiger charge is -2.27. The Morgan fingerprint density at radius 2 is 2.00 bits per heavy atom. The number of nitrogens with zero attached hydrogens (tertiary/aromatic N) is 6. The SMILES string of the molecule is CO[C@H]1C[C@@H](CN2CCCC2)N(Cc2nnnn2CC(F)(F)F)C1. The van der Waals surface area contributed by atoms with E-state index in [2.05, 4.69) is 25.3 Å². The number of tetrazole rings is 1. The smallest absolute Gasteiger partial charge is 0.380 e. The highest BCUT2D eigenvalue weighted by atomic mass is 19.4. The van der Waals surface area contributed by atoms with Crippen LogP contribution in [0.5, 0.6) is 0 Å². The van der Waals surface area contributed by atoms with Gasteiger partial charge in [-0.15, -0.1) is 5.10 Å². The predicted molar refractivity (Wildman–Crippen MR) is 79.2 cm³/mol. The highest BCUT2D eigenvalue weighted by Gasteiger charge is 2.36. The van der Waals surface area contributed by atoms with Gasteiger partial charge in [-0.25, -0.2) is 4.68 Å². The minimum Gasteiger partial charge on any atom is -0.380 e. The van der Waals surface area contributed by atoms with Gasteiger partial charge in [-0.3, -0.25) is 4.90 Å². The van der Waals surface area contributed by atoms with Gasteiger partial charge in [0, 0.05) is 26.2 Å². The Kier molecular flexibility index (Phi) is 5.36. The molecule has 3 heterocycles. The number of hydrogen-bond acceptors (Lipinski definition) is 6. The molecule has 0 aliphatic carbocycles. The molecule has 0 bridgehead atoms. The van der Waals surface area contributed by atoms with Crippen LogP contribution < -0.4 is 0 Å². The highest BCUT2D eigenvalue weighted by Crippen LogP contribution is 2.24. The third kappa shape index (κ3) is 4.42. The van der Waals surface area contributed by atoms with Gasteiger partial charge in [0.2, 0.25) is 0 Å². The Labute approximate surface area is 138 Å². The Morgan fingerprint density at radius 3 is 2.67 bits per heavy atom. The maximum absolute atomic E-state index is 12.6. The molecule has 0 aromatic carbocycles. The first-order valence-electron chi connectivity index (χ1n) is 8.25. The van der Waals surface area contributed by atoms with Crippen LogP contribution in [0.3, 0.4) is 0 Å². The normalized spacial score (nSPS) is 26.5. The summed E-state index contributed by atoms with van der Waals surface area (Å²) in [6, 6.07) is 0.254. The third-order valence-corrected chi connectivity index (χ3v) is 4.77. The van der Waals surface area contributed by atoms with Crippen LogP contribution in [0.25, 0.3) is 0 Å². The maximum atomic E-state index is 12.6. The quantitative estimate of drug-likeness (QED) is 0.762. The molecule has 2 aliphatic heterocycles. The second kappa shape index (κ2) is 7.32. The summed E-state index contributed by atoms with van der Waals surface area (Å²) in [7, 11) is 1.68. The zero-order valence-corrected chi connectivity index (χ0v) is 13.7. The molecular formula is C14H23F3N6O. The van der Waals surface area contributed by atoms with Crippen LogP contribution in [0, 0.1) is 0 Å². The van der Waals surface area contributed by atoms with Crippen molar-refractivity contribution in [2.45, 2.75) is 50.7 Å². The van der Waals surface area contributed by atoms with Crippen molar-refractivity contribution in [3.8, 4) is 0 Å². The van der Waals surface area contributed by atoms with E-state index in [1.165, 1.54) is 12.8 Å². The Hall–Kier alpha value is -1.26. The summed E-state index contributed by atoms with van der Waals surface area (Å²) in [5, 5.41) is 10.7. The van der Waals surface area contributed by atoms with Gasteiger partial charge in [-0.05, 0) is 42.8 Å². The van der Waals surface area contributed by atoms with Gasteiger partial charge < -0.3 is 9.64 Å². The molecule has 7 nitrogen and oxygen atoms in total. The van der Waals surface area contributed by atoms with E-state index >= 15 is 0 Å². The summed E-state index contributed by atoms with van der Waals surface area (Å²) in [6.45, 7) is 2.94. The molecule has 0 saturated carbocycles. The zero-order valence-electron chi connectivity index (χ0n) is 13.7. The molecule has 0 radical (unpaired) electrons. The van der Waals surface area contributed by atoms with Gasteiger partial charge in [-0.2, -0.15) is 13.2 Å². The predicted octanol–water partition coefficient (Wildman–Crippen LogP) is 0.920. The first kappa shape index (κ1) is 17.6. The van der Waals surface area contributed by atoms with Crippen molar-refractivity contribution in [3.63, 3.8) is 0 Å². The molecule has 0 unspecified atom stereocenters. The number of aromatic nitrogens is 4. The van der Waals surface area contributed by atoms with Crippen molar-refractivity contribution < 1.29 is 17.9 Å². The van der Waals surface area contributed by atoms with Gasteiger partial charge in [0.15, 0.2) is 5.82 Å². The first-order chi connectivity index (χ1) is 11.4. The fourth-order valence-electron chi connectivity index (χ4n) is 3.57. The van der Waals surface area contributed by atoms with Crippen LogP contribution in [-0.2, 0) is 17.8 Å². The monoisotopic (exact) mass is 348 g/mol. The maximum Gasteiger partial charge on any atom is 0.408 e. The van der Waals surface area contributed by atoms with Crippen molar-refractivity contribution in [1.29, 1.82) is 0 Å². The van der Waals surface area contributed by atoms with E-state index < -0.39 is 12.7 Å². The van der Waals surface area contributed by atoms with Gasteiger partial charge in [0.05, 0.1) is 12.6 Å². The van der Waals surface area contributed by atoms with E-state index in [1.807, 2.05) is 0 Å². The van der Waals surface area contributed by atoms with Crippen molar-refractivity contribution in [1.82, 2.24) is 30.0 Å². The largest absolute Gasteiger partial charge is 0.408 e. The number of halogens is 3. The average molecular weight is 348 g/mol. The Bertz CT molecular complexity index is 531. The van der Waals surface area contributed by atoms with Crippen molar-refractivity contribution >= 4 is 0 Å². The molecule has 2 saturated heterocycles. The molecule has 10 heteroatoms. The summed E-state index contributed by atoms with van der Waals surface area (Å²) in [6.07, 6.45) is -0.925. The number of ether oxygens (including phenoxy) is 1. The first-order valence-corrected chi connectivity index (χ1v) is 8.25. The van der Waals surface area contributed by atoms with Crippen LogP contribution >= 0.6 is 0 Å². The Morgan fingerprint density at radius 1 is 1.25 bits per heavy atom.